The van der Waals surface area contributed by atoms with E-state index in [1.165, 1.54) is 0 Å². The van der Waals surface area contributed by atoms with Crippen LogP contribution < -0.4 is 4.74 Å². The van der Waals surface area contributed by atoms with Gasteiger partial charge < -0.3 is 14.2 Å². The Morgan fingerprint density at radius 1 is 0.581 bits per heavy atom. The zero-order chi connectivity index (χ0) is 21.9. The molecule has 0 amide bonds. The van der Waals surface area contributed by atoms with Gasteiger partial charge in [0.1, 0.15) is 19.0 Å². The number of carbonyl (C=O) groups is 3. The number of ether oxygens (including phenoxy) is 3. The summed E-state index contributed by atoms with van der Waals surface area (Å²) in [5, 5.41) is 0. The zero-order valence-corrected chi connectivity index (χ0v) is 16.9. The van der Waals surface area contributed by atoms with Gasteiger partial charge in [0, 0.05) is 16.7 Å². The normalized spacial score (nSPS) is 10.3. The minimum absolute atomic E-state index is 0.0201. The summed E-state index contributed by atoms with van der Waals surface area (Å²) in [7, 11) is 0. The van der Waals surface area contributed by atoms with Crippen LogP contribution in [0, 0.1) is 0 Å². The fraction of sp³-hybridized carbons (Fsp3) is 0.160. The van der Waals surface area contributed by atoms with Gasteiger partial charge in [-0.05, 0) is 24.3 Å². The Morgan fingerprint density at radius 2 is 1.13 bits per heavy atom. The van der Waals surface area contributed by atoms with Gasteiger partial charge in [-0.3, -0.25) is 9.59 Å². The second-order valence-corrected chi connectivity index (χ2v) is 6.51. The van der Waals surface area contributed by atoms with Crippen LogP contribution >= 0.6 is 0 Å². The van der Waals surface area contributed by atoms with Gasteiger partial charge in [0.25, 0.3) is 5.78 Å². The third kappa shape index (κ3) is 6.62. The maximum atomic E-state index is 12.4. The molecule has 6 nitrogen and oxygen atoms in total. The predicted molar refractivity (Wildman–Crippen MR) is 114 cm³/mol. The average molecular weight is 418 g/mol. The molecule has 0 aliphatic rings. The van der Waals surface area contributed by atoms with Crippen LogP contribution in [-0.4, -0.2) is 44.0 Å². The number of hydrogen-bond donors (Lipinski definition) is 0. The van der Waals surface area contributed by atoms with Crippen LogP contribution in [-0.2, 0) is 14.3 Å². The smallest absolute Gasteiger partial charge is 0.379 e. The van der Waals surface area contributed by atoms with Crippen LogP contribution in [0.25, 0.3) is 0 Å². The van der Waals surface area contributed by atoms with Crippen molar-refractivity contribution in [2.24, 2.45) is 0 Å². The molecular weight excluding hydrogens is 396 g/mol. The summed E-state index contributed by atoms with van der Waals surface area (Å²) in [6, 6.07) is 24.2. The van der Waals surface area contributed by atoms with Crippen LogP contribution in [0.5, 0.6) is 5.75 Å². The van der Waals surface area contributed by atoms with E-state index in [1.54, 1.807) is 66.7 Å². The Kier molecular flexibility index (Phi) is 8.08. The Hall–Kier alpha value is -3.77. The van der Waals surface area contributed by atoms with E-state index < -0.39 is 11.8 Å². The molecule has 0 spiro atoms. The first kappa shape index (κ1) is 21.9. The lowest BCUT2D eigenvalue weighted by Gasteiger charge is -2.08. The number of Topliss-reactive ketones (excluding diaryl/α,β-unsaturated/α-hetero) is 1. The van der Waals surface area contributed by atoms with Crippen LogP contribution in [0.3, 0.4) is 0 Å². The van der Waals surface area contributed by atoms with Crippen LogP contribution in [0.1, 0.15) is 26.3 Å². The second-order valence-electron chi connectivity index (χ2n) is 6.51. The number of ketones is 2. The van der Waals surface area contributed by atoms with Crippen LogP contribution in [0.2, 0.25) is 0 Å². The van der Waals surface area contributed by atoms with Crippen molar-refractivity contribution in [3.05, 3.63) is 102 Å². The quantitative estimate of drug-likeness (QED) is 0.204. The molecule has 158 valence electrons. The molecule has 0 bridgehead atoms. The molecule has 0 aliphatic heterocycles. The Balaban J connectivity index is 1.31. The summed E-state index contributed by atoms with van der Waals surface area (Å²) >= 11 is 0. The molecule has 6 heteroatoms. The molecule has 0 atom stereocenters. The molecule has 0 saturated heterocycles. The summed E-state index contributed by atoms with van der Waals surface area (Å²) < 4.78 is 15.8. The van der Waals surface area contributed by atoms with Crippen LogP contribution in [0.15, 0.2) is 84.9 Å². The average Bonchev–Trinajstić information content (AvgIpc) is 2.84. The van der Waals surface area contributed by atoms with E-state index in [1.807, 2.05) is 18.2 Å². The molecule has 0 saturated carbocycles. The largest absolute Gasteiger partial charge is 0.491 e. The Morgan fingerprint density at radius 3 is 1.77 bits per heavy atom. The Labute approximate surface area is 180 Å². The molecule has 0 unspecified atom stereocenters. The maximum Gasteiger partial charge on any atom is 0.379 e. The molecule has 3 aromatic rings. The first-order chi connectivity index (χ1) is 15.1. The lowest BCUT2D eigenvalue weighted by molar-refractivity contribution is -0.139. The molecule has 31 heavy (non-hydrogen) atoms. The number of rotatable bonds is 11. The van der Waals surface area contributed by atoms with Crippen molar-refractivity contribution in [2.75, 3.05) is 26.4 Å². The molecule has 0 heterocycles. The SMILES string of the molecule is O=C(OCCOCCOc1ccc(C(=O)c2ccccc2)cc1)C(=O)c1ccccc1. The van der Waals surface area contributed by atoms with Crippen molar-refractivity contribution in [3.63, 3.8) is 0 Å². The lowest BCUT2D eigenvalue weighted by Crippen LogP contribution is -2.20. The molecule has 0 aliphatic carbocycles. The summed E-state index contributed by atoms with van der Waals surface area (Å²) in [6.07, 6.45) is 0. The van der Waals surface area contributed by atoms with Crippen molar-refractivity contribution >= 4 is 17.5 Å². The van der Waals surface area contributed by atoms with Crippen molar-refractivity contribution in [2.45, 2.75) is 0 Å². The van der Waals surface area contributed by atoms with E-state index >= 15 is 0 Å². The van der Waals surface area contributed by atoms with Gasteiger partial charge in [-0.25, -0.2) is 4.79 Å². The fourth-order valence-electron chi connectivity index (χ4n) is 2.75. The number of benzene rings is 3. The summed E-state index contributed by atoms with van der Waals surface area (Å²) in [5.41, 5.74) is 1.51. The first-order valence-electron chi connectivity index (χ1n) is 9.82. The zero-order valence-electron chi connectivity index (χ0n) is 16.9. The van der Waals surface area contributed by atoms with Gasteiger partial charge in [-0.15, -0.1) is 0 Å². The number of esters is 1. The van der Waals surface area contributed by atoms with E-state index in [0.29, 0.717) is 29.0 Å². The van der Waals surface area contributed by atoms with Gasteiger partial charge in [0.05, 0.1) is 13.2 Å². The lowest BCUT2D eigenvalue weighted by atomic mass is 10.0. The van der Waals surface area contributed by atoms with Gasteiger partial charge >= 0.3 is 5.97 Å². The summed E-state index contributed by atoms with van der Waals surface area (Å²) in [6.45, 7) is 0.715. The van der Waals surface area contributed by atoms with Crippen LogP contribution in [0.4, 0.5) is 0 Å². The van der Waals surface area contributed by atoms with Crippen molar-refractivity contribution in [3.8, 4) is 5.75 Å². The molecular formula is C25H22O6. The highest BCUT2D eigenvalue weighted by Gasteiger charge is 2.17. The van der Waals surface area contributed by atoms with Gasteiger partial charge in [0.2, 0.25) is 0 Å². The predicted octanol–water partition coefficient (Wildman–Crippen LogP) is 3.74. The molecule has 3 rings (SSSR count). The topological polar surface area (TPSA) is 78.9 Å². The van der Waals surface area contributed by atoms with E-state index in [9.17, 15) is 14.4 Å². The van der Waals surface area contributed by atoms with E-state index in [4.69, 9.17) is 14.2 Å². The highest BCUT2D eigenvalue weighted by molar-refractivity contribution is 6.40. The highest BCUT2D eigenvalue weighted by Crippen LogP contribution is 2.15. The fourth-order valence-corrected chi connectivity index (χ4v) is 2.75. The van der Waals surface area contributed by atoms with Gasteiger partial charge in [-0.2, -0.15) is 0 Å². The highest BCUT2D eigenvalue weighted by atomic mass is 16.6. The van der Waals surface area contributed by atoms with E-state index in [-0.39, 0.29) is 25.6 Å². The molecule has 0 radical (unpaired) electrons. The van der Waals surface area contributed by atoms with Gasteiger partial charge in [-0.1, -0.05) is 60.7 Å². The molecule has 0 aromatic heterocycles. The van der Waals surface area contributed by atoms with Crippen molar-refractivity contribution < 1.29 is 28.6 Å². The monoisotopic (exact) mass is 418 g/mol. The molecule has 0 fully saturated rings. The summed E-state index contributed by atoms with van der Waals surface area (Å²) in [4.78, 5) is 35.9. The van der Waals surface area contributed by atoms with Gasteiger partial charge in [0.15, 0.2) is 5.78 Å². The second kappa shape index (κ2) is 11.4. The minimum Gasteiger partial charge on any atom is -0.491 e. The Bertz CT molecular complexity index is 997. The standard InChI is InChI=1S/C25H22O6/c26-23(19-7-3-1-4-8-19)21-11-13-22(14-12-21)30-17-15-29-16-18-31-25(28)24(27)20-9-5-2-6-10-20/h1-14H,15-18H2. The molecule has 0 N–H and O–H groups in total. The minimum atomic E-state index is -0.906. The van der Waals surface area contributed by atoms with Crippen molar-refractivity contribution in [1.82, 2.24) is 0 Å². The summed E-state index contributed by atoms with van der Waals surface area (Å²) in [5.74, 6) is -1.02. The van der Waals surface area contributed by atoms with E-state index in [2.05, 4.69) is 0 Å². The number of carbonyl (C=O) groups excluding carboxylic acids is 3. The molecule has 3 aromatic carbocycles. The maximum absolute atomic E-state index is 12.4. The first-order valence-corrected chi connectivity index (χ1v) is 9.82. The number of hydrogen-bond acceptors (Lipinski definition) is 6. The van der Waals surface area contributed by atoms with E-state index in [0.717, 1.165) is 0 Å². The van der Waals surface area contributed by atoms with Crippen molar-refractivity contribution in [1.29, 1.82) is 0 Å². The third-order valence-corrected chi connectivity index (χ3v) is 4.33. The third-order valence-electron chi connectivity index (χ3n) is 4.33.